The predicted molar refractivity (Wildman–Crippen MR) is 91.7 cm³/mol. The Kier molecular flexibility index (Phi) is 4.85. The summed E-state index contributed by atoms with van der Waals surface area (Å²) in [5.41, 5.74) is 3.04. The molecule has 1 aliphatic rings. The zero-order valence-corrected chi connectivity index (χ0v) is 13.9. The van der Waals surface area contributed by atoms with Gasteiger partial charge in [-0.3, -0.25) is 0 Å². The molecule has 0 fully saturated rings. The molecule has 0 bridgehead atoms. The second-order valence-corrected chi connectivity index (χ2v) is 7.50. The van der Waals surface area contributed by atoms with E-state index < -0.39 is 0 Å². The van der Waals surface area contributed by atoms with Crippen molar-refractivity contribution in [3.8, 4) is 0 Å². The molecule has 2 aromatic rings. The minimum atomic E-state index is 0.531. The molecule has 3 rings (SSSR count). The van der Waals surface area contributed by atoms with E-state index in [0.29, 0.717) is 4.83 Å². The highest BCUT2D eigenvalue weighted by atomic mass is 79.9. The number of alkyl halides is 1. The summed E-state index contributed by atoms with van der Waals surface area (Å²) in [4.78, 5) is 1.92. The molecular weight excluding hydrogens is 328 g/mol. The number of hydrogen-bond donors (Lipinski definition) is 0. The lowest BCUT2D eigenvalue weighted by Crippen LogP contribution is -2.17. The van der Waals surface area contributed by atoms with Gasteiger partial charge in [0.1, 0.15) is 0 Å². The van der Waals surface area contributed by atoms with E-state index in [1.807, 2.05) is 11.8 Å². The van der Waals surface area contributed by atoms with E-state index in [2.05, 4.69) is 70.5 Å². The van der Waals surface area contributed by atoms with Gasteiger partial charge in [0, 0.05) is 9.72 Å². The Labute approximate surface area is 134 Å². The average Bonchev–Trinajstić information content (AvgIpc) is 2.51. The Morgan fingerprint density at radius 1 is 1.00 bits per heavy atom. The van der Waals surface area contributed by atoms with Gasteiger partial charge >= 0.3 is 0 Å². The summed E-state index contributed by atoms with van der Waals surface area (Å²) in [6.45, 7) is 0. The molecule has 0 radical (unpaired) electrons. The summed E-state index contributed by atoms with van der Waals surface area (Å²) in [6, 6.07) is 19.6. The zero-order chi connectivity index (χ0) is 13.8. The van der Waals surface area contributed by atoms with E-state index >= 15 is 0 Å². The number of thioether (sulfide) groups is 1. The summed E-state index contributed by atoms with van der Waals surface area (Å²) in [5, 5.41) is 0. The van der Waals surface area contributed by atoms with E-state index in [-0.39, 0.29) is 0 Å². The molecule has 0 N–H and O–H groups in total. The summed E-state index contributed by atoms with van der Waals surface area (Å²) in [7, 11) is 0. The van der Waals surface area contributed by atoms with Gasteiger partial charge in [0.2, 0.25) is 0 Å². The average molecular weight is 347 g/mol. The minimum Gasteiger partial charge on any atom is -0.126 e. The van der Waals surface area contributed by atoms with Crippen LogP contribution in [0.4, 0.5) is 0 Å². The van der Waals surface area contributed by atoms with Crippen LogP contribution in [0.15, 0.2) is 59.5 Å². The molecule has 20 heavy (non-hydrogen) atoms. The first-order valence-corrected chi connectivity index (χ1v) is 9.14. The second-order valence-electron chi connectivity index (χ2n) is 5.35. The van der Waals surface area contributed by atoms with E-state index in [0.717, 1.165) is 5.92 Å². The van der Waals surface area contributed by atoms with Crippen molar-refractivity contribution in [3.63, 3.8) is 0 Å². The van der Waals surface area contributed by atoms with Crippen molar-refractivity contribution in [1.29, 1.82) is 0 Å². The van der Waals surface area contributed by atoms with Crippen LogP contribution in [-0.4, -0.2) is 5.75 Å². The zero-order valence-electron chi connectivity index (χ0n) is 11.5. The molecule has 0 amide bonds. The van der Waals surface area contributed by atoms with Crippen molar-refractivity contribution in [2.75, 3.05) is 5.75 Å². The largest absolute Gasteiger partial charge is 0.126 e. The number of halogens is 1. The maximum absolute atomic E-state index is 3.93. The van der Waals surface area contributed by atoms with Crippen molar-refractivity contribution >= 4 is 27.7 Å². The van der Waals surface area contributed by atoms with Crippen LogP contribution in [0.25, 0.3) is 0 Å². The number of aryl methyl sites for hydroxylation is 1. The molecule has 2 heteroatoms. The minimum absolute atomic E-state index is 0.531. The molecule has 0 saturated heterocycles. The Morgan fingerprint density at radius 2 is 1.75 bits per heavy atom. The quantitative estimate of drug-likeness (QED) is 0.492. The number of fused-ring (bicyclic) bond motifs is 1. The molecule has 2 aromatic carbocycles. The van der Waals surface area contributed by atoms with Crippen LogP contribution in [0.2, 0.25) is 0 Å². The van der Waals surface area contributed by atoms with Gasteiger partial charge in [-0.2, -0.15) is 0 Å². The summed E-state index contributed by atoms with van der Waals surface area (Å²) < 4.78 is 0. The van der Waals surface area contributed by atoms with Crippen LogP contribution < -0.4 is 0 Å². The lowest BCUT2D eigenvalue weighted by molar-refractivity contribution is 0.444. The second kappa shape index (κ2) is 6.82. The van der Waals surface area contributed by atoms with Crippen LogP contribution in [0.3, 0.4) is 0 Å². The molecule has 0 spiro atoms. The van der Waals surface area contributed by atoms with Gasteiger partial charge in [-0.05, 0) is 54.2 Å². The topological polar surface area (TPSA) is 0 Å². The van der Waals surface area contributed by atoms with Crippen molar-refractivity contribution in [2.24, 2.45) is 5.92 Å². The number of hydrogen-bond acceptors (Lipinski definition) is 1. The van der Waals surface area contributed by atoms with Gasteiger partial charge < -0.3 is 0 Å². The van der Waals surface area contributed by atoms with Gasteiger partial charge in [-0.1, -0.05) is 58.4 Å². The summed E-state index contributed by atoms with van der Waals surface area (Å²) in [6.07, 6.45) is 3.82. The maximum Gasteiger partial charge on any atom is 0.0426 e. The first-order valence-electron chi connectivity index (χ1n) is 7.24. The van der Waals surface area contributed by atoms with Crippen molar-refractivity contribution < 1.29 is 0 Å². The molecule has 2 unspecified atom stereocenters. The van der Waals surface area contributed by atoms with Crippen LogP contribution in [0, 0.1) is 5.92 Å². The lowest BCUT2D eigenvalue weighted by Gasteiger charge is -2.29. The normalized spacial score (nSPS) is 21.4. The number of benzene rings is 2. The van der Waals surface area contributed by atoms with Crippen molar-refractivity contribution in [3.05, 3.63) is 65.7 Å². The molecular formula is C18H19BrS. The van der Waals surface area contributed by atoms with Crippen molar-refractivity contribution in [2.45, 2.75) is 29.0 Å². The van der Waals surface area contributed by atoms with E-state index in [1.165, 1.54) is 41.0 Å². The molecule has 2 atom stereocenters. The first-order chi connectivity index (χ1) is 9.84. The third-order valence-corrected chi connectivity index (χ3v) is 6.34. The van der Waals surface area contributed by atoms with Crippen LogP contribution >= 0.6 is 27.7 Å². The third-order valence-electron chi connectivity index (χ3n) is 4.05. The smallest absolute Gasteiger partial charge is 0.0426 e. The van der Waals surface area contributed by atoms with Gasteiger partial charge in [0.05, 0.1) is 0 Å². The molecule has 0 aromatic heterocycles. The fourth-order valence-corrected chi connectivity index (χ4v) is 4.89. The molecule has 0 heterocycles. The Morgan fingerprint density at radius 3 is 2.60 bits per heavy atom. The highest BCUT2D eigenvalue weighted by Crippen LogP contribution is 2.42. The van der Waals surface area contributed by atoms with Crippen LogP contribution in [-0.2, 0) is 6.42 Å². The first kappa shape index (κ1) is 14.2. The summed E-state index contributed by atoms with van der Waals surface area (Å²) >= 11 is 5.91. The molecule has 104 valence electrons. The molecule has 0 saturated carbocycles. The third kappa shape index (κ3) is 3.29. The van der Waals surface area contributed by atoms with E-state index in [1.54, 1.807) is 0 Å². The van der Waals surface area contributed by atoms with Crippen molar-refractivity contribution in [1.82, 2.24) is 0 Å². The fourth-order valence-electron chi connectivity index (χ4n) is 2.91. The van der Waals surface area contributed by atoms with Crippen LogP contribution in [0.5, 0.6) is 0 Å². The predicted octanol–water partition coefficient (Wildman–Crippen LogP) is 5.87. The molecule has 0 aliphatic heterocycles. The number of rotatable bonds is 4. The van der Waals surface area contributed by atoms with Gasteiger partial charge in [0.15, 0.2) is 0 Å². The van der Waals surface area contributed by atoms with E-state index in [9.17, 15) is 0 Å². The Bertz CT molecular complexity index is 552. The standard InChI is InChI=1S/C18H19BrS/c19-18-15(11-10-14-6-4-5-9-17(14)18)12-13-20-16-7-2-1-3-8-16/h1-9,15,18H,10-13H2. The van der Waals surface area contributed by atoms with Gasteiger partial charge in [0.25, 0.3) is 0 Å². The fraction of sp³-hybridized carbons (Fsp3) is 0.333. The monoisotopic (exact) mass is 346 g/mol. The maximum atomic E-state index is 3.93. The highest BCUT2D eigenvalue weighted by Gasteiger charge is 2.26. The molecule has 0 nitrogen and oxygen atoms in total. The van der Waals surface area contributed by atoms with Gasteiger partial charge in [-0.25, -0.2) is 0 Å². The van der Waals surface area contributed by atoms with E-state index in [4.69, 9.17) is 0 Å². The Hall–Kier alpha value is -0.730. The lowest BCUT2D eigenvalue weighted by atomic mass is 9.82. The summed E-state index contributed by atoms with van der Waals surface area (Å²) in [5.74, 6) is 1.97. The molecule has 1 aliphatic carbocycles. The van der Waals surface area contributed by atoms with Crippen LogP contribution in [0.1, 0.15) is 28.8 Å². The van der Waals surface area contributed by atoms with Gasteiger partial charge in [-0.15, -0.1) is 11.8 Å². The SMILES string of the molecule is BrC1c2ccccc2CCC1CCSc1ccccc1. The highest BCUT2D eigenvalue weighted by molar-refractivity contribution is 9.09. The Balaban J connectivity index is 1.57.